The number of likely N-dealkylation sites (N-methyl/N-ethyl adjacent to an activating group) is 2. The van der Waals surface area contributed by atoms with Gasteiger partial charge in [0.2, 0.25) is 0 Å². The van der Waals surface area contributed by atoms with Gasteiger partial charge in [0.15, 0.2) is 0 Å². The van der Waals surface area contributed by atoms with E-state index in [0.717, 1.165) is 24.3 Å². The van der Waals surface area contributed by atoms with Gasteiger partial charge in [-0.2, -0.15) is 0 Å². The van der Waals surface area contributed by atoms with Crippen molar-refractivity contribution in [1.29, 1.82) is 0 Å². The fraction of sp³-hybridized carbons (Fsp3) is 0.588. The molecule has 0 radical (unpaired) electrons. The Balaban J connectivity index is 2.12. The molecule has 21 heavy (non-hydrogen) atoms. The molecular weight excluding hydrogens is 262 g/mol. The zero-order valence-corrected chi connectivity index (χ0v) is 13.6. The second kappa shape index (κ2) is 6.48. The molecule has 0 aliphatic heterocycles. The van der Waals surface area contributed by atoms with Crippen LogP contribution in [0.1, 0.15) is 36.5 Å². The molecule has 1 aliphatic carbocycles. The Morgan fingerprint density at radius 3 is 2.43 bits per heavy atom. The van der Waals surface area contributed by atoms with E-state index in [0.29, 0.717) is 0 Å². The first-order valence-corrected chi connectivity index (χ1v) is 7.76. The van der Waals surface area contributed by atoms with Crippen molar-refractivity contribution in [3.8, 4) is 0 Å². The van der Waals surface area contributed by atoms with E-state index in [-0.39, 0.29) is 11.4 Å². The first kappa shape index (κ1) is 15.8. The second-order valence-corrected chi connectivity index (χ2v) is 6.21. The Kier molecular flexibility index (Phi) is 4.88. The van der Waals surface area contributed by atoms with Crippen molar-refractivity contribution < 1.29 is 4.79 Å². The highest BCUT2D eigenvalue weighted by molar-refractivity contribution is 5.99. The molecule has 1 aromatic rings. The van der Waals surface area contributed by atoms with Crippen LogP contribution in [0, 0.1) is 0 Å². The standard InChI is InChI=1S/C17H27N3O/c1-5-18-15-10-7-6-9-14(15)16(21)20(4)13-17(19(2)3)11-8-12-17/h6-7,9-10,18H,5,8,11-13H2,1-4H3. The van der Waals surface area contributed by atoms with Crippen LogP contribution >= 0.6 is 0 Å². The highest BCUT2D eigenvalue weighted by Gasteiger charge is 2.40. The number of para-hydroxylation sites is 1. The first-order chi connectivity index (χ1) is 10.00. The van der Waals surface area contributed by atoms with Crippen LogP contribution in [0.4, 0.5) is 5.69 Å². The molecule has 0 atom stereocenters. The molecule has 1 aromatic carbocycles. The lowest BCUT2D eigenvalue weighted by atomic mass is 9.75. The summed E-state index contributed by atoms with van der Waals surface area (Å²) in [6.07, 6.45) is 3.60. The van der Waals surface area contributed by atoms with Crippen molar-refractivity contribution in [1.82, 2.24) is 9.80 Å². The Hall–Kier alpha value is -1.55. The number of hydrogen-bond donors (Lipinski definition) is 1. The van der Waals surface area contributed by atoms with Crippen molar-refractivity contribution >= 4 is 11.6 Å². The van der Waals surface area contributed by atoms with Crippen molar-refractivity contribution in [2.75, 3.05) is 39.5 Å². The number of rotatable bonds is 6. The van der Waals surface area contributed by atoms with Crippen LogP contribution in [0.3, 0.4) is 0 Å². The highest BCUT2D eigenvalue weighted by atomic mass is 16.2. The lowest BCUT2D eigenvalue weighted by Crippen LogP contribution is -2.57. The molecule has 0 bridgehead atoms. The quantitative estimate of drug-likeness (QED) is 0.874. The molecule has 4 heteroatoms. The zero-order chi connectivity index (χ0) is 15.5. The van der Waals surface area contributed by atoms with E-state index in [1.54, 1.807) is 0 Å². The van der Waals surface area contributed by atoms with Gasteiger partial charge in [0.25, 0.3) is 5.91 Å². The van der Waals surface area contributed by atoms with Gasteiger partial charge in [0.1, 0.15) is 0 Å². The molecule has 0 spiro atoms. The number of carbonyl (C=O) groups is 1. The van der Waals surface area contributed by atoms with Gasteiger partial charge >= 0.3 is 0 Å². The third kappa shape index (κ3) is 3.21. The lowest BCUT2D eigenvalue weighted by Gasteiger charge is -2.49. The van der Waals surface area contributed by atoms with E-state index >= 15 is 0 Å². The predicted octanol–water partition coefficient (Wildman–Crippen LogP) is 2.67. The predicted molar refractivity (Wildman–Crippen MR) is 87.8 cm³/mol. The van der Waals surface area contributed by atoms with E-state index in [4.69, 9.17) is 0 Å². The maximum Gasteiger partial charge on any atom is 0.255 e. The zero-order valence-electron chi connectivity index (χ0n) is 13.6. The smallest absolute Gasteiger partial charge is 0.255 e. The summed E-state index contributed by atoms with van der Waals surface area (Å²) < 4.78 is 0. The summed E-state index contributed by atoms with van der Waals surface area (Å²) in [7, 11) is 6.14. The van der Waals surface area contributed by atoms with Crippen molar-refractivity contribution in [3.63, 3.8) is 0 Å². The van der Waals surface area contributed by atoms with E-state index in [9.17, 15) is 4.79 Å². The van der Waals surface area contributed by atoms with Crippen LogP contribution in [-0.4, -0.2) is 55.5 Å². The van der Waals surface area contributed by atoms with Crippen LogP contribution < -0.4 is 5.32 Å². The molecule has 1 aliphatic rings. The minimum Gasteiger partial charge on any atom is -0.385 e. The Labute approximate surface area is 128 Å². The molecule has 1 amide bonds. The molecule has 1 fully saturated rings. The van der Waals surface area contributed by atoms with E-state index in [2.05, 4.69) is 24.3 Å². The number of carbonyl (C=O) groups excluding carboxylic acids is 1. The Morgan fingerprint density at radius 2 is 1.90 bits per heavy atom. The van der Waals surface area contributed by atoms with Crippen molar-refractivity contribution in [2.24, 2.45) is 0 Å². The van der Waals surface area contributed by atoms with Gasteiger partial charge in [0.05, 0.1) is 5.56 Å². The normalized spacial score (nSPS) is 16.4. The molecule has 4 nitrogen and oxygen atoms in total. The molecule has 1 saturated carbocycles. The van der Waals surface area contributed by atoms with E-state index in [1.165, 1.54) is 19.3 Å². The minimum absolute atomic E-state index is 0.0969. The first-order valence-electron chi connectivity index (χ1n) is 7.76. The van der Waals surface area contributed by atoms with E-state index < -0.39 is 0 Å². The average Bonchev–Trinajstić information content (AvgIpc) is 2.42. The van der Waals surface area contributed by atoms with Crippen LogP contribution in [0.25, 0.3) is 0 Å². The second-order valence-electron chi connectivity index (χ2n) is 6.21. The fourth-order valence-corrected chi connectivity index (χ4v) is 3.06. The molecule has 0 saturated heterocycles. The number of nitrogens with zero attached hydrogens (tertiary/aromatic N) is 2. The highest BCUT2D eigenvalue weighted by Crippen LogP contribution is 2.37. The van der Waals surface area contributed by atoms with Crippen molar-refractivity contribution in [3.05, 3.63) is 29.8 Å². The number of amides is 1. The number of hydrogen-bond acceptors (Lipinski definition) is 3. The van der Waals surface area contributed by atoms with Gasteiger partial charge in [-0.25, -0.2) is 0 Å². The number of nitrogens with one attached hydrogen (secondary N) is 1. The van der Waals surface area contributed by atoms with Gasteiger partial charge in [-0.15, -0.1) is 0 Å². The molecule has 0 aromatic heterocycles. The SMILES string of the molecule is CCNc1ccccc1C(=O)N(C)CC1(N(C)C)CCC1. The third-order valence-corrected chi connectivity index (χ3v) is 4.64. The minimum atomic E-state index is 0.0969. The lowest BCUT2D eigenvalue weighted by molar-refractivity contribution is 0.0253. The van der Waals surface area contributed by atoms with Crippen LogP contribution in [0.2, 0.25) is 0 Å². The monoisotopic (exact) mass is 289 g/mol. The molecule has 0 unspecified atom stereocenters. The third-order valence-electron chi connectivity index (χ3n) is 4.64. The summed E-state index contributed by atoms with van der Waals surface area (Å²) in [5.74, 6) is 0.0969. The summed E-state index contributed by atoms with van der Waals surface area (Å²) in [6.45, 7) is 3.65. The summed E-state index contributed by atoms with van der Waals surface area (Å²) in [5, 5.41) is 3.27. The largest absolute Gasteiger partial charge is 0.385 e. The number of benzene rings is 1. The molecular formula is C17H27N3O. The van der Waals surface area contributed by atoms with Crippen LogP contribution in [-0.2, 0) is 0 Å². The van der Waals surface area contributed by atoms with Gasteiger partial charge in [-0.05, 0) is 52.4 Å². The van der Waals surface area contributed by atoms with Gasteiger partial charge in [-0.3, -0.25) is 4.79 Å². The number of anilines is 1. The Morgan fingerprint density at radius 1 is 1.24 bits per heavy atom. The summed E-state index contributed by atoms with van der Waals surface area (Å²) in [6, 6.07) is 7.75. The maximum absolute atomic E-state index is 12.7. The van der Waals surface area contributed by atoms with Crippen LogP contribution in [0.15, 0.2) is 24.3 Å². The summed E-state index contributed by atoms with van der Waals surface area (Å²) >= 11 is 0. The van der Waals surface area contributed by atoms with Crippen molar-refractivity contribution in [2.45, 2.75) is 31.7 Å². The molecule has 116 valence electrons. The molecule has 0 heterocycles. The Bertz CT molecular complexity index is 495. The van der Waals surface area contributed by atoms with E-state index in [1.807, 2.05) is 43.1 Å². The van der Waals surface area contributed by atoms with Gasteiger partial charge < -0.3 is 15.1 Å². The van der Waals surface area contributed by atoms with Gasteiger partial charge in [-0.1, -0.05) is 12.1 Å². The summed E-state index contributed by atoms with van der Waals surface area (Å²) in [4.78, 5) is 16.9. The van der Waals surface area contributed by atoms with Crippen LogP contribution in [0.5, 0.6) is 0 Å². The molecule has 2 rings (SSSR count). The summed E-state index contributed by atoms with van der Waals surface area (Å²) in [5.41, 5.74) is 1.84. The fourth-order valence-electron chi connectivity index (χ4n) is 3.06. The molecule has 1 N–H and O–H groups in total. The van der Waals surface area contributed by atoms with Gasteiger partial charge in [0, 0.05) is 31.4 Å². The maximum atomic E-state index is 12.7. The topological polar surface area (TPSA) is 35.6 Å². The average molecular weight is 289 g/mol.